The van der Waals surface area contributed by atoms with E-state index >= 15 is 0 Å². The Balaban J connectivity index is 1.97. The van der Waals surface area contributed by atoms with Gasteiger partial charge in [-0.3, -0.25) is 14.6 Å². The molecule has 0 atom stereocenters. The Kier molecular flexibility index (Phi) is 5.16. The van der Waals surface area contributed by atoms with Gasteiger partial charge in [-0.15, -0.1) is 0 Å². The van der Waals surface area contributed by atoms with Gasteiger partial charge in [-0.1, -0.05) is 41.9 Å². The highest BCUT2D eigenvalue weighted by molar-refractivity contribution is 6.30. The first-order valence-electron chi connectivity index (χ1n) is 9.10. The smallest absolute Gasteiger partial charge is 0.267 e. The maximum Gasteiger partial charge on any atom is 0.267 e. The van der Waals surface area contributed by atoms with Crippen LogP contribution in [0.3, 0.4) is 0 Å². The number of pyridine rings is 2. The molecule has 4 rings (SSSR count). The highest BCUT2D eigenvalue weighted by atomic mass is 35.5. The highest BCUT2D eigenvalue weighted by Crippen LogP contribution is 2.27. The minimum Gasteiger partial charge on any atom is -0.494 e. The maximum atomic E-state index is 13.0. The van der Waals surface area contributed by atoms with Crippen LogP contribution in [0.1, 0.15) is 22.8 Å². The minimum absolute atomic E-state index is 0.118. The van der Waals surface area contributed by atoms with Crippen molar-refractivity contribution >= 4 is 40.1 Å². The van der Waals surface area contributed by atoms with Crippen LogP contribution in [-0.4, -0.2) is 26.7 Å². The van der Waals surface area contributed by atoms with Gasteiger partial charge in [0.2, 0.25) is 5.88 Å². The zero-order valence-electron chi connectivity index (χ0n) is 15.9. The van der Waals surface area contributed by atoms with Crippen LogP contribution in [0.15, 0.2) is 76.6 Å². The molecule has 1 N–H and O–H groups in total. The van der Waals surface area contributed by atoms with Crippen molar-refractivity contribution in [3.8, 4) is 11.7 Å². The Labute approximate surface area is 176 Å². The highest BCUT2D eigenvalue weighted by Gasteiger charge is 2.17. The fourth-order valence-electron chi connectivity index (χ4n) is 3.22. The first kappa shape index (κ1) is 19.5. The van der Waals surface area contributed by atoms with E-state index in [2.05, 4.69) is 9.98 Å². The number of carbonyl (C=O) groups excluding carboxylic acids is 1. The number of benzene rings is 2. The number of carbonyl (C=O) groups is 1. The largest absolute Gasteiger partial charge is 0.494 e. The molecule has 0 aliphatic carbocycles. The molecule has 7 heteroatoms. The van der Waals surface area contributed by atoms with Crippen molar-refractivity contribution in [3.05, 3.63) is 93.4 Å². The number of aliphatic imine (C=N–C) groups is 1. The molecular weight excluding hydrogens is 402 g/mol. The van der Waals surface area contributed by atoms with Crippen LogP contribution in [0.5, 0.6) is 5.88 Å². The predicted molar refractivity (Wildman–Crippen MR) is 118 cm³/mol. The summed E-state index contributed by atoms with van der Waals surface area (Å²) in [6, 6.07) is 17.0. The Morgan fingerprint density at radius 1 is 1.07 bits per heavy atom. The second-order valence-corrected chi connectivity index (χ2v) is 7.03. The molecule has 4 aromatic rings. The molecule has 0 aliphatic heterocycles. The van der Waals surface area contributed by atoms with Gasteiger partial charge in [-0.05, 0) is 37.3 Å². The van der Waals surface area contributed by atoms with E-state index in [0.29, 0.717) is 32.6 Å². The lowest BCUT2D eigenvalue weighted by Gasteiger charge is -2.13. The SMILES string of the molecule is CC(=O)c1ccccc1N=Cc1c(O)n(-c2ccc(Cl)cn2)c(=O)c2ccccc12. The number of hydrogen-bond acceptors (Lipinski definition) is 5. The molecule has 0 saturated heterocycles. The summed E-state index contributed by atoms with van der Waals surface area (Å²) in [6.45, 7) is 1.47. The summed E-state index contributed by atoms with van der Waals surface area (Å²) in [5.74, 6) is -0.198. The quantitative estimate of drug-likeness (QED) is 0.385. The lowest BCUT2D eigenvalue weighted by molar-refractivity contribution is 0.101. The van der Waals surface area contributed by atoms with Crippen LogP contribution in [-0.2, 0) is 0 Å². The molecular formula is C23H16ClN3O3. The molecule has 2 aromatic heterocycles. The van der Waals surface area contributed by atoms with Gasteiger partial charge in [-0.2, -0.15) is 0 Å². The molecule has 0 radical (unpaired) electrons. The number of ketones is 1. The van der Waals surface area contributed by atoms with Gasteiger partial charge >= 0.3 is 0 Å². The molecule has 2 heterocycles. The molecule has 0 amide bonds. The number of rotatable bonds is 4. The summed E-state index contributed by atoms with van der Waals surface area (Å²) in [5.41, 5.74) is 0.848. The molecule has 0 saturated carbocycles. The summed E-state index contributed by atoms with van der Waals surface area (Å²) < 4.78 is 1.11. The maximum absolute atomic E-state index is 13.0. The van der Waals surface area contributed by atoms with Gasteiger partial charge in [0.05, 0.1) is 16.3 Å². The summed E-state index contributed by atoms with van der Waals surface area (Å²) in [7, 11) is 0. The van der Waals surface area contributed by atoms with Gasteiger partial charge in [-0.25, -0.2) is 9.55 Å². The standard InChI is InChI=1S/C23H16ClN3O3/c1-14(28)16-6-4-5-9-20(16)25-13-19-17-7-2-3-8-18(17)22(29)27(23(19)30)21-11-10-15(24)12-26-21/h2-13,30H,1H3. The lowest BCUT2D eigenvalue weighted by Crippen LogP contribution is -2.21. The van der Waals surface area contributed by atoms with E-state index in [-0.39, 0.29) is 17.5 Å². The van der Waals surface area contributed by atoms with Gasteiger partial charge < -0.3 is 5.11 Å². The molecule has 6 nitrogen and oxygen atoms in total. The molecule has 2 aromatic carbocycles. The Hall–Kier alpha value is -3.77. The number of fused-ring (bicyclic) bond motifs is 1. The predicted octanol–water partition coefficient (Wildman–Crippen LogP) is 4.70. The first-order valence-corrected chi connectivity index (χ1v) is 9.48. The zero-order chi connectivity index (χ0) is 21.3. The number of halogens is 1. The Bertz CT molecular complexity index is 1360. The van der Waals surface area contributed by atoms with Crippen molar-refractivity contribution in [2.75, 3.05) is 0 Å². The molecule has 148 valence electrons. The van der Waals surface area contributed by atoms with Crippen molar-refractivity contribution in [2.24, 2.45) is 4.99 Å². The fourth-order valence-corrected chi connectivity index (χ4v) is 3.33. The van der Waals surface area contributed by atoms with E-state index in [0.717, 1.165) is 4.57 Å². The number of hydrogen-bond donors (Lipinski definition) is 1. The van der Waals surface area contributed by atoms with Gasteiger partial charge in [0.1, 0.15) is 5.82 Å². The topological polar surface area (TPSA) is 84.5 Å². The minimum atomic E-state index is -0.417. The van der Waals surface area contributed by atoms with Crippen molar-refractivity contribution in [1.29, 1.82) is 0 Å². The Morgan fingerprint density at radius 3 is 2.47 bits per heavy atom. The van der Waals surface area contributed by atoms with Crippen LogP contribution in [0, 0.1) is 0 Å². The van der Waals surface area contributed by atoms with E-state index in [1.807, 2.05) is 0 Å². The molecule has 30 heavy (non-hydrogen) atoms. The van der Waals surface area contributed by atoms with Gasteiger partial charge in [0.25, 0.3) is 5.56 Å². The second-order valence-electron chi connectivity index (χ2n) is 6.59. The third kappa shape index (κ3) is 3.49. The van der Waals surface area contributed by atoms with Gasteiger partial charge in [0, 0.05) is 28.7 Å². The summed E-state index contributed by atoms with van der Waals surface area (Å²) >= 11 is 5.90. The van der Waals surface area contributed by atoms with Crippen LogP contribution in [0.2, 0.25) is 5.02 Å². The third-order valence-corrected chi connectivity index (χ3v) is 4.88. The monoisotopic (exact) mass is 417 g/mol. The van der Waals surface area contributed by atoms with Crippen LogP contribution >= 0.6 is 11.6 Å². The molecule has 0 aliphatic rings. The van der Waals surface area contributed by atoms with E-state index in [1.165, 1.54) is 19.3 Å². The average molecular weight is 418 g/mol. The molecule has 0 bridgehead atoms. The summed E-state index contributed by atoms with van der Waals surface area (Å²) in [4.78, 5) is 33.5. The van der Waals surface area contributed by atoms with E-state index in [1.54, 1.807) is 60.7 Å². The normalized spacial score (nSPS) is 11.3. The van der Waals surface area contributed by atoms with Crippen LogP contribution < -0.4 is 5.56 Å². The molecule has 0 unspecified atom stereocenters. The molecule has 0 spiro atoms. The summed E-state index contributed by atoms with van der Waals surface area (Å²) in [6.07, 6.45) is 2.85. The fraction of sp³-hybridized carbons (Fsp3) is 0.0435. The van der Waals surface area contributed by atoms with Crippen LogP contribution in [0.25, 0.3) is 16.6 Å². The Morgan fingerprint density at radius 2 is 1.77 bits per heavy atom. The van der Waals surface area contributed by atoms with Crippen molar-refractivity contribution in [3.63, 3.8) is 0 Å². The van der Waals surface area contributed by atoms with E-state index in [4.69, 9.17) is 11.6 Å². The summed E-state index contributed by atoms with van der Waals surface area (Å²) in [5, 5.41) is 12.3. The van der Waals surface area contributed by atoms with Crippen molar-refractivity contribution < 1.29 is 9.90 Å². The number of nitrogens with zero attached hydrogens (tertiary/aromatic N) is 3. The van der Waals surface area contributed by atoms with Gasteiger partial charge in [0.15, 0.2) is 5.78 Å². The number of Topliss-reactive ketones (excluding diaryl/α,β-unsaturated/α-hetero) is 1. The number of aromatic nitrogens is 2. The lowest BCUT2D eigenvalue weighted by atomic mass is 10.1. The number of aromatic hydroxyl groups is 1. The van der Waals surface area contributed by atoms with Crippen molar-refractivity contribution in [1.82, 2.24) is 9.55 Å². The van der Waals surface area contributed by atoms with Crippen molar-refractivity contribution in [2.45, 2.75) is 6.92 Å². The van der Waals surface area contributed by atoms with Crippen LogP contribution in [0.4, 0.5) is 5.69 Å². The average Bonchev–Trinajstić information content (AvgIpc) is 2.75. The van der Waals surface area contributed by atoms with E-state index < -0.39 is 5.56 Å². The molecule has 0 fully saturated rings. The first-order chi connectivity index (χ1) is 14.5. The second kappa shape index (κ2) is 7.93. The third-order valence-electron chi connectivity index (χ3n) is 4.66. The zero-order valence-corrected chi connectivity index (χ0v) is 16.7. The number of para-hydroxylation sites is 1. The van der Waals surface area contributed by atoms with E-state index in [9.17, 15) is 14.7 Å².